The van der Waals surface area contributed by atoms with Gasteiger partial charge in [-0.25, -0.2) is 0 Å². The molecule has 1 aliphatic heterocycles. The molecule has 1 atom stereocenters. The average Bonchev–Trinajstić information content (AvgIpc) is 2.85. The van der Waals surface area contributed by atoms with Gasteiger partial charge in [0.15, 0.2) is 0 Å². The molecule has 2 aromatic rings. The fourth-order valence-corrected chi connectivity index (χ4v) is 4.06. The van der Waals surface area contributed by atoms with Gasteiger partial charge in [0.25, 0.3) is 11.8 Å². The molecule has 7 nitrogen and oxygen atoms in total. The Morgan fingerprint density at radius 3 is 2.30 bits per heavy atom. The fourth-order valence-electron chi connectivity index (χ4n) is 4.06. The summed E-state index contributed by atoms with van der Waals surface area (Å²) < 4.78 is 5.04. The van der Waals surface area contributed by atoms with Crippen LogP contribution in [0.5, 0.6) is 0 Å². The summed E-state index contributed by atoms with van der Waals surface area (Å²) in [6.07, 6.45) is 1.98. The van der Waals surface area contributed by atoms with Crippen molar-refractivity contribution in [2.75, 3.05) is 33.4 Å². The van der Waals surface area contributed by atoms with Gasteiger partial charge in [-0.2, -0.15) is 0 Å². The smallest absolute Gasteiger partial charge is 0.253 e. The summed E-state index contributed by atoms with van der Waals surface area (Å²) >= 11 is 0. The first kappa shape index (κ1) is 24.5. The van der Waals surface area contributed by atoms with Gasteiger partial charge >= 0.3 is 0 Å². The molecule has 2 aromatic carbocycles. The standard InChI is InChI=1S/C26H33N3O4/c1-19-9-11-22(12-10-19)26(32)29-16-13-20(14-17-29)23(25(31)27-15-6-18-33-2)28-24(30)21-7-4-3-5-8-21/h3-5,7-12,20,23H,6,13-18H2,1-2H3,(H,27,31)(H,28,30)/t23-/m1/s1. The molecule has 3 amide bonds. The number of methoxy groups -OCH3 is 1. The van der Waals surface area contributed by atoms with Crippen LogP contribution in [0.3, 0.4) is 0 Å². The van der Waals surface area contributed by atoms with E-state index in [0.717, 1.165) is 5.56 Å². The number of carbonyl (C=O) groups is 3. The Bertz CT molecular complexity index is 922. The van der Waals surface area contributed by atoms with Crippen molar-refractivity contribution < 1.29 is 19.1 Å². The minimum atomic E-state index is -0.656. The van der Waals surface area contributed by atoms with Crippen LogP contribution >= 0.6 is 0 Å². The van der Waals surface area contributed by atoms with E-state index in [2.05, 4.69) is 10.6 Å². The highest BCUT2D eigenvalue weighted by molar-refractivity contribution is 5.97. The number of amides is 3. The van der Waals surface area contributed by atoms with Crippen LogP contribution < -0.4 is 10.6 Å². The number of hydrogen-bond acceptors (Lipinski definition) is 4. The number of nitrogens with one attached hydrogen (secondary N) is 2. The minimum absolute atomic E-state index is 0.00217. The third-order valence-corrected chi connectivity index (χ3v) is 6.03. The first-order valence-electron chi connectivity index (χ1n) is 11.5. The summed E-state index contributed by atoms with van der Waals surface area (Å²) in [5, 5.41) is 5.86. The summed E-state index contributed by atoms with van der Waals surface area (Å²) in [7, 11) is 1.62. The van der Waals surface area contributed by atoms with Crippen LogP contribution in [-0.2, 0) is 9.53 Å². The van der Waals surface area contributed by atoms with Crippen molar-refractivity contribution >= 4 is 17.7 Å². The first-order valence-corrected chi connectivity index (χ1v) is 11.5. The van der Waals surface area contributed by atoms with E-state index in [1.807, 2.05) is 42.2 Å². The van der Waals surface area contributed by atoms with Gasteiger partial charge < -0.3 is 20.3 Å². The largest absolute Gasteiger partial charge is 0.385 e. The van der Waals surface area contributed by atoms with Crippen LogP contribution in [0.15, 0.2) is 54.6 Å². The van der Waals surface area contributed by atoms with E-state index in [1.165, 1.54) is 0 Å². The van der Waals surface area contributed by atoms with Gasteiger partial charge in [0.05, 0.1) is 0 Å². The second kappa shape index (κ2) is 12.2. The maximum Gasteiger partial charge on any atom is 0.253 e. The highest BCUT2D eigenvalue weighted by atomic mass is 16.5. The van der Waals surface area contributed by atoms with Gasteiger partial charge in [-0.05, 0) is 56.4 Å². The Balaban J connectivity index is 1.64. The molecule has 1 fully saturated rings. The number of piperidine rings is 1. The number of aryl methyl sites for hydroxylation is 1. The average molecular weight is 452 g/mol. The number of rotatable bonds is 9. The SMILES string of the molecule is COCCCNC(=O)[C@H](NC(=O)c1ccccc1)C1CCN(C(=O)c2ccc(C)cc2)CC1. The Kier molecular flexibility index (Phi) is 9.01. The number of nitrogens with zero attached hydrogens (tertiary/aromatic N) is 1. The third-order valence-electron chi connectivity index (χ3n) is 6.03. The number of ether oxygens (including phenoxy) is 1. The fraction of sp³-hybridized carbons (Fsp3) is 0.423. The molecule has 0 bridgehead atoms. The zero-order valence-electron chi connectivity index (χ0n) is 19.4. The first-order chi connectivity index (χ1) is 16.0. The van der Waals surface area contributed by atoms with E-state index >= 15 is 0 Å². The number of benzene rings is 2. The molecular formula is C26H33N3O4. The lowest BCUT2D eigenvalue weighted by atomic mass is 9.88. The molecule has 176 valence electrons. The molecule has 1 saturated heterocycles. The molecule has 0 unspecified atom stereocenters. The monoisotopic (exact) mass is 451 g/mol. The molecule has 1 heterocycles. The molecule has 7 heteroatoms. The predicted molar refractivity (Wildman–Crippen MR) is 127 cm³/mol. The van der Waals surface area contributed by atoms with Crippen molar-refractivity contribution in [1.29, 1.82) is 0 Å². The second-order valence-electron chi connectivity index (χ2n) is 8.45. The zero-order chi connectivity index (χ0) is 23.6. The Labute approximate surface area is 195 Å². The van der Waals surface area contributed by atoms with Crippen molar-refractivity contribution in [2.24, 2.45) is 5.92 Å². The maximum absolute atomic E-state index is 13.0. The van der Waals surface area contributed by atoms with Gasteiger partial charge in [-0.3, -0.25) is 14.4 Å². The molecular weight excluding hydrogens is 418 g/mol. The van der Waals surface area contributed by atoms with Crippen molar-refractivity contribution in [1.82, 2.24) is 15.5 Å². The summed E-state index contributed by atoms with van der Waals surface area (Å²) in [4.78, 5) is 40.5. The Hall–Kier alpha value is -3.19. The Morgan fingerprint density at radius 1 is 1.00 bits per heavy atom. The zero-order valence-corrected chi connectivity index (χ0v) is 19.4. The summed E-state index contributed by atoms with van der Waals surface area (Å²) in [6.45, 7) is 4.12. The summed E-state index contributed by atoms with van der Waals surface area (Å²) in [6, 6.07) is 15.8. The summed E-state index contributed by atoms with van der Waals surface area (Å²) in [5.74, 6) is -0.519. The molecule has 0 radical (unpaired) electrons. The number of hydrogen-bond donors (Lipinski definition) is 2. The quantitative estimate of drug-likeness (QED) is 0.574. The molecule has 0 spiro atoms. The topological polar surface area (TPSA) is 87.7 Å². The van der Waals surface area contributed by atoms with Crippen molar-refractivity contribution in [3.63, 3.8) is 0 Å². The maximum atomic E-state index is 13.0. The normalized spacial score (nSPS) is 15.0. The van der Waals surface area contributed by atoms with Crippen molar-refractivity contribution in [2.45, 2.75) is 32.2 Å². The van der Waals surface area contributed by atoms with Gasteiger partial charge in [0.2, 0.25) is 5.91 Å². The predicted octanol–water partition coefficient (Wildman–Crippen LogP) is 2.80. The van der Waals surface area contributed by atoms with Crippen LogP contribution in [-0.4, -0.2) is 62.0 Å². The van der Waals surface area contributed by atoms with Crippen LogP contribution in [0, 0.1) is 12.8 Å². The van der Waals surface area contributed by atoms with Crippen LogP contribution in [0.25, 0.3) is 0 Å². The highest BCUT2D eigenvalue weighted by Gasteiger charge is 2.34. The molecule has 3 rings (SSSR count). The van der Waals surface area contributed by atoms with Gasteiger partial charge in [-0.15, -0.1) is 0 Å². The Morgan fingerprint density at radius 2 is 1.67 bits per heavy atom. The van der Waals surface area contributed by atoms with E-state index in [1.54, 1.807) is 31.4 Å². The molecule has 2 N–H and O–H groups in total. The lowest BCUT2D eigenvalue weighted by Gasteiger charge is -2.36. The lowest BCUT2D eigenvalue weighted by molar-refractivity contribution is -0.124. The van der Waals surface area contributed by atoms with E-state index in [9.17, 15) is 14.4 Å². The van der Waals surface area contributed by atoms with Crippen LogP contribution in [0.4, 0.5) is 0 Å². The summed E-state index contributed by atoms with van der Waals surface area (Å²) in [5.41, 5.74) is 2.30. The van der Waals surface area contributed by atoms with Crippen LogP contribution in [0.1, 0.15) is 45.5 Å². The third kappa shape index (κ3) is 6.89. The van der Waals surface area contributed by atoms with Gasteiger partial charge in [0.1, 0.15) is 6.04 Å². The highest BCUT2D eigenvalue weighted by Crippen LogP contribution is 2.23. The van der Waals surface area contributed by atoms with E-state index in [0.29, 0.717) is 56.6 Å². The second-order valence-corrected chi connectivity index (χ2v) is 8.45. The van der Waals surface area contributed by atoms with E-state index in [-0.39, 0.29) is 23.6 Å². The minimum Gasteiger partial charge on any atom is -0.385 e. The lowest BCUT2D eigenvalue weighted by Crippen LogP contribution is -2.54. The van der Waals surface area contributed by atoms with Gasteiger partial charge in [0, 0.05) is 44.5 Å². The molecule has 1 aliphatic rings. The molecule has 0 saturated carbocycles. The molecule has 0 aliphatic carbocycles. The van der Waals surface area contributed by atoms with Crippen LogP contribution in [0.2, 0.25) is 0 Å². The molecule has 33 heavy (non-hydrogen) atoms. The van der Waals surface area contributed by atoms with Crippen molar-refractivity contribution in [3.8, 4) is 0 Å². The van der Waals surface area contributed by atoms with E-state index < -0.39 is 6.04 Å². The molecule has 0 aromatic heterocycles. The van der Waals surface area contributed by atoms with E-state index in [4.69, 9.17) is 4.74 Å². The van der Waals surface area contributed by atoms with Gasteiger partial charge in [-0.1, -0.05) is 35.9 Å². The number of likely N-dealkylation sites (tertiary alicyclic amines) is 1. The number of carbonyl (C=O) groups excluding carboxylic acids is 3. The van der Waals surface area contributed by atoms with Crippen molar-refractivity contribution in [3.05, 3.63) is 71.3 Å².